The van der Waals surface area contributed by atoms with Gasteiger partial charge in [-0.2, -0.15) is 4.99 Å². The Kier molecular flexibility index (Phi) is 3.12. The maximum atomic E-state index is 12.7. The van der Waals surface area contributed by atoms with E-state index >= 15 is 0 Å². The first-order chi connectivity index (χ1) is 6.22. The van der Waals surface area contributed by atoms with Crippen LogP contribution in [0.1, 0.15) is 5.56 Å². The van der Waals surface area contributed by atoms with E-state index in [0.717, 1.165) is 5.56 Å². The van der Waals surface area contributed by atoms with Gasteiger partial charge in [0.05, 0.1) is 5.70 Å². The Labute approximate surface area is 75.4 Å². The summed E-state index contributed by atoms with van der Waals surface area (Å²) in [7, 11) is 0. The highest BCUT2D eigenvalue weighted by Crippen LogP contribution is 2.08. The summed E-state index contributed by atoms with van der Waals surface area (Å²) in [6.45, 7) is 3.52. The molecule has 0 N–H and O–H groups in total. The van der Waals surface area contributed by atoms with Gasteiger partial charge in [0.25, 0.3) is 0 Å². The summed E-state index contributed by atoms with van der Waals surface area (Å²) in [6, 6.07) is 6.08. The van der Waals surface area contributed by atoms with E-state index in [2.05, 4.69) is 11.6 Å². The Morgan fingerprint density at radius 3 is 3.00 bits per heavy atom. The lowest BCUT2D eigenvalue weighted by atomic mass is 10.1. The van der Waals surface area contributed by atoms with Crippen molar-refractivity contribution in [2.24, 2.45) is 4.99 Å². The second kappa shape index (κ2) is 4.33. The monoisotopic (exact) mass is 177 g/mol. The third kappa shape index (κ3) is 3.01. The molecule has 0 saturated heterocycles. The summed E-state index contributed by atoms with van der Waals surface area (Å²) in [5.41, 5.74) is 1.12. The molecule has 0 aromatic heterocycles. The van der Waals surface area contributed by atoms with Gasteiger partial charge >= 0.3 is 0 Å². The van der Waals surface area contributed by atoms with Crippen molar-refractivity contribution in [2.75, 3.05) is 0 Å². The van der Waals surface area contributed by atoms with Gasteiger partial charge in [-0.15, -0.1) is 0 Å². The number of rotatable bonds is 3. The normalized spacial score (nSPS) is 9.00. The minimum Gasteiger partial charge on any atom is -0.211 e. The van der Waals surface area contributed by atoms with Gasteiger partial charge in [0.15, 0.2) is 0 Å². The number of allylic oxidation sites excluding steroid dienone is 1. The summed E-state index contributed by atoms with van der Waals surface area (Å²) < 4.78 is 12.7. The molecule has 1 aromatic rings. The van der Waals surface area contributed by atoms with E-state index < -0.39 is 0 Å². The molecule has 13 heavy (non-hydrogen) atoms. The lowest BCUT2D eigenvalue weighted by Gasteiger charge is -1.98. The number of halogens is 1. The molecule has 2 nitrogen and oxygen atoms in total. The highest BCUT2D eigenvalue weighted by atomic mass is 19.1. The first kappa shape index (κ1) is 9.36. The van der Waals surface area contributed by atoms with Crippen molar-refractivity contribution < 1.29 is 9.18 Å². The number of benzene rings is 1. The Morgan fingerprint density at radius 2 is 2.38 bits per heavy atom. The van der Waals surface area contributed by atoms with Gasteiger partial charge in [-0.1, -0.05) is 18.7 Å². The standard InChI is InChI=1S/C10H8FNO/c1-8(12-7-13)5-9-3-2-4-10(11)6-9/h2-4,6H,1,5H2. The number of hydrogen-bond acceptors (Lipinski definition) is 2. The van der Waals surface area contributed by atoms with Gasteiger partial charge in [0.1, 0.15) is 5.82 Å². The van der Waals surface area contributed by atoms with E-state index in [1.807, 2.05) is 0 Å². The quantitative estimate of drug-likeness (QED) is 0.514. The third-order valence-electron chi connectivity index (χ3n) is 1.50. The lowest BCUT2D eigenvalue weighted by Crippen LogP contribution is -1.87. The van der Waals surface area contributed by atoms with E-state index in [1.165, 1.54) is 18.2 Å². The average Bonchev–Trinajstić information content (AvgIpc) is 2.04. The SMILES string of the molecule is C=C(Cc1cccc(F)c1)N=C=O. The van der Waals surface area contributed by atoms with Crippen molar-refractivity contribution in [1.29, 1.82) is 0 Å². The molecule has 0 saturated carbocycles. The zero-order chi connectivity index (χ0) is 9.68. The Hall–Kier alpha value is -1.73. The maximum Gasteiger partial charge on any atom is 0.240 e. The summed E-state index contributed by atoms with van der Waals surface area (Å²) in [5.74, 6) is -0.305. The Balaban J connectivity index is 2.74. The fraction of sp³-hybridized carbons (Fsp3) is 0.100. The Morgan fingerprint density at radius 1 is 1.62 bits per heavy atom. The van der Waals surface area contributed by atoms with Crippen LogP contribution in [-0.2, 0) is 11.2 Å². The van der Waals surface area contributed by atoms with Crippen molar-refractivity contribution >= 4 is 6.08 Å². The molecule has 66 valence electrons. The molecule has 0 unspecified atom stereocenters. The summed E-state index contributed by atoms with van der Waals surface area (Å²) in [5, 5.41) is 0. The van der Waals surface area contributed by atoms with Crippen molar-refractivity contribution in [2.45, 2.75) is 6.42 Å². The second-order valence-electron chi connectivity index (χ2n) is 2.58. The number of nitrogens with zero attached hydrogens (tertiary/aromatic N) is 1. The van der Waals surface area contributed by atoms with E-state index in [0.29, 0.717) is 12.1 Å². The van der Waals surface area contributed by atoms with Crippen LogP contribution < -0.4 is 0 Å². The van der Waals surface area contributed by atoms with Crippen LogP contribution >= 0.6 is 0 Å². The van der Waals surface area contributed by atoms with Gasteiger partial charge in [0, 0.05) is 6.42 Å². The number of hydrogen-bond donors (Lipinski definition) is 0. The average molecular weight is 177 g/mol. The van der Waals surface area contributed by atoms with Crippen LogP contribution in [0.5, 0.6) is 0 Å². The van der Waals surface area contributed by atoms with E-state index in [-0.39, 0.29) is 5.82 Å². The zero-order valence-electron chi connectivity index (χ0n) is 6.96. The van der Waals surface area contributed by atoms with Crippen LogP contribution in [0.4, 0.5) is 4.39 Å². The van der Waals surface area contributed by atoms with Crippen LogP contribution in [0.3, 0.4) is 0 Å². The van der Waals surface area contributed by atoms with Crippen LogP contribution in [0, 0.1) is 5.82 Å². The highest BCUT2D eigenvalue weighted by Gasteiger charge is 1.97. The molecule has 0 radical (unpaired) electrons. The predicted molar refractivity (Wildman–Crippen MR) is 47.4 cm³/mol. The van der Waals surface area contributed by atoms with Crippen LogP contribution in [0.25, 0.3) is 0 Å². The molecule has 0 atom stereocenters. The van der Waals surface area contributed by atoms with Crippen LogP contribution in [-0.4, -0.2) is 6.08 Å². The molecule has 0 amide bonds. The first-order valence-electron chi connectivity index (χ1n) is 3.72. The first-order valence-corrected chi connectivity index (χ1v) is 3.72. The number of aliphatic imine (C=N–C) groups is 1. The van der Waals surface area contributed by atoms with Crippen molar-refractivity contribution in [3.05, 3.63) is 47.9 Å². The van der Waals surface area contributed by atoms with Gasteiger partial charge in [-0.3, -0.25) is 0 Å². The van der Waals surface area contributed by atoms with E-state index in [1.54, 1.807) is 12.1 Å². The molecule has 0 aliphatic rings. The second-order valence-corrected chi connectivity index (χ2v) is 2.58. The molecule has 1 rings (SSSR count). The number of carbonyl (C=O) groups excluding carboxylic acids is 1. The van der Waals surface area contributed by atoms with Gasteiger partial charge in [-0.05, 0) is 17.7 Å². The van der Waals surface area contributed by atoms with Gasteiger partial charge in [-0.25, -0.2) is 9.18 Å². The largest absolute Gasteiger partial charge is 0.240 e. The molecule has 0 fully saturated rings. The molecule has 0 spiro atoms. The molecular formula is C10H8FNO. The minimum atomic E-state index is -0.305. The van der Waals surface area contributed by atoms with Crippen molar-refractivity contribution in [1.82, 2.24) is 0 Å². The van der Waals surface area contributed by atoms with Crippen molar-refractivity contribution in [3.63, 3.8) is 0 Å². The van der Waals surface area contributed by atoms with Gasteiger partial charge in [0.2, 0.25) is 6.08 Å². The fourth-order valence-corrected chi connectivity index (χ4v) is 0.987. The topological polar surface area (TPSA) is 29.4 Å². The van der Waals surface area contributed by atoms with E-state index in [4.69, 9.17) is 0 Å². The van der Waals surface area contributed by atoms with E-state index in [9.17, 15) is 9.18 Å². The molecule has 0 bridgehead atoms. The van der Waals surface area contributed by atoms with Crippen molar-refractivity contribution in [3.8, 4) is 0 Å². The van der Waals surface area contributed by atoms with Crippen LogP contribution in [0.15, 0.2) is 41.5 Å². The van der Waals surface area contributed by atoms with Crippen LogP contribution in [0.2, 0.25) is 0 Å². The summed E-state index contributed by atoms with van der Waals surface area (Å²) in [4.78, 5) is 13.2. The third-order valence-corrected chi connectivity index (χ3v) is 1.50. The maximum absolute atomic E-state index is 12.7. The predicted octanol–water partition coefficient (Wildman–Crippen LogP) is 2.22. The molecule has 3 heteroatoms. The Bertz CT molecular complexity index is 367. The summed E-state index contributed by atoms with van der Waals surface area (Å²) >= 11 is 0. The minimum absolute atomic E-state index is 0.305. The summed E-state index contributed by atoms with van der Waals surface area (Å²) in [6.07, 6.45) is 1.75. The lowest BCUT2D eigenvalue weighted by molar-refractivity contribution is 0.564. The molecule has 0 aliphatic heterocycles. The zero-order valence-corrected chi connectivity index (χ0v) is 6.96. The molecule has 1 aromatic carbocycles. The van der Waals surface area contributed by atoms with Gasteiger partial charge < -0.3 is 0 Å². The fourth-order valence-electron chi connectivity index (χ4n) is 0.987. The molecule has 0 aliphatic carbocycles. The molecular weight excluding hydrogens is 169 g/mol. The highest BCUT2D eigenvalue weighted by molar-refractivity contribution is 5.37. The number of isocyanates is 1. The smallest absolute Gasteiger partial charge is 0.211 e. The molecule has 0 heterocycles.